The van der Waals surface area contributed by atoms with Gasteiger partial charge in [-0.2, -0.15) is 0 Å². The molecule has 0 bridgehead atoms. The van der Waals surface area contributed by atoms with Gasteiger partial charge in [-0.25, -0.2) is 10.3 Å². The molecule has 0 unspecified atom stereocenters. The van der Waals surface area contributed by atoms with E-state index >= 15 is 0 Å². The molecule has 3 heteroatoms. The van der Waals surface area contributed by atoms with Crippen molar-refractivity contribution in [3.63, 3.8) is 0 Å². The number of nitrogens with zero attached hydrogens (tertiary/aromatic N) is 2. The van der Waals surface area contributed by atoms with E-state index in [0.29, 0.717) is 5.82 Å². The van der Waals surface area contributed by atoms with Crippen molar-refractivity contribution in [3.8, 4) is 0 Å². The molecule has 0 aromatic heterocycles. The first-order valence-corrected chi connectivity index (χ1v) is 1.58. The average molecular weight is 82.1 g/mol. The molecule has 2 N–H and O–H groups in total. The minimum atomic E-state index is 0.481. The molecule has 1 aliphatic heterocycles. The topological polar surface area (TPSA) is 52.5 Å². The van der Waals surface area contributed by atoms with Crippen molar-refractivity contribution in [2.75, 3.05) is 0 Å². The third-order valence-electron chi connectivity index (χ3n) is 0.480. The maximum absolute atomic E-state index is 5.10. The van der Waals surface area contributed by atoms with Gasteiger partial charge in [0.2, 0.25) is 0 Å². The van der Waals surface area contributed by atoms with Gasteiger partial charge in [-0.1, -0.05) is 0 Å². The van der Waals surface area contributed by atoms with Crippen molar-refractivity contribution in [3.05, 3.63) is 12.0 Å². The van der Waals surface area contributed by atoms with Crippen LogP contribution in [0.4, 0.5) is 0 Å². The van der Waals surface area contributed by atoms with Crippen LogP contribution >= 0.6 is 0 Å². The summed E-state index contributed by atoms with van der Waals surface area (Å²) < 4.78 is 0. The van der Waals surface area contributed by atoms with Crippen LogP contribution in [0.5, 0.6) is 0 Å². The molecule has 1 heterocycles. The summed E-state index contributed by atoms with van der Waals surface area (Å²) in [6.07, 6.45) is 2.91. The highest BCUT2D eigenvalue weighted by atomic mass is 15.1. The molecular weight excluding hydrogens is 78.1 g/mol. The first-order chi connectivity index (χ1) is 2.89. The molecule has 0 aromatic rings. The normalized spacial score (nSPS) is 17.0. The second-order valence-electron chi connectivity index (χ2n) is 0.948. The summed E-state index contributed by atoms with van der Waals surface area (Å²) in [6, 6.07) is 0. The number of hydrogen-bond donors (Lipinski definition) is 1. The lowest BCUT2D eigenvalue weighted by Crippen LogP contribution is -2.05. The first-order valence-electron chi connectivity index (χ1n) is 1.58. The molecule has 0 saturated carbocycles. The molecule has 31 valence electrons. The maximum Gasteiger partial charge on any atom is 0.143 e. The molecule has 6 heavy (non-hydrogen) atoms. The summed E-state index contributed by atoms with van der Waals surface area (Å²) in [7, 11) is 0. The molecule has 3 nitrogen and oxygen atoms in total. The van der Waals surface area contributed by atoms with Gasteiger partial charge in [0.15, 0.2) is 0 Å². The zero-order valence-electron chi connectivity index (χ0n) is 3.13. The van der Waals surface area contributed by atoms with Gasteiger partial charge in [0.25, 0.3) is 0 Å². The van der Waals surface area contributed by atoms with Gasteiger partial charge in [0, 0.05) is 0 Å². The molecule has 1 rings (SSSR count). The summed E-state index contributed by atoms with van der Waals surface area (Å²) in [5.41, 5.74) is 5.10. The van der Waals surface area contributed by atoms with Crippen LogP contribution < -0.4 is 11.1 Å². The fraction of sp³-hybridized carbons (Fsp3) is 0. The summed E-state index contributed by atoms with van der Waals surface area (Å²) in [6.45, 7) is 0. The Morgan fingerprint density at radius 1 is 1.67 bits per heavy atom. The molecule has 1 radical (unpaired) electrons. The lowest BCUT2D eigenvalue weighted by Gasteiger charge is -1.79. The van der Waals surface area contributed by atoms with E-state index in [-0.39, 0.29) is 0 Å². The maximum atomic E-state index is 5.10. The van der Waals surface area contributed by atoms with E-state index in [1.54, 1.807) is 0 Å². The Kier molecular flexibility index (Phi) is 0.538. The Hall–Kier alpha value is -0.990. The van der Waals surface area contributed by atoms with E-state index in [9.17, 15) is 0 Å². The van der Waals surface area contributed by atoms with Crippen molar-refractivity contribution >= 4 is 6.34 Å². The van der Waals surface area contributed by atoms with Crippen LogP contribution in [-0.2, 0) is 0 Å². The highest BCUT2D eigenvalue weighted by molar-refractivity contribution is 5.60. The number of rotatable bonds is 0. The largest absolute Gasteiger partial charge is 0.382 e. The molecule has 0 aliphatic carbocycles. The molecule has 0 aromatic carbocycles. The van der Waals surface area contributed by atoms with Crippen LogP contribution in [0.2, 0.25) is 0 Å². The van der Waals surface area contributed by atoms with Crippen molar-refractivity contribution in [1.29, 1.82) is 0 Å². The Labute approximate surface area is 35.6 Å². The lowest BCUT2D eigenvalue weighted by atomic mass is 10.8. The van der Waals surface area contributed by atoms with Crippen LogP contribution in [0.3, 0.4) is 0 Å². The Morgan fingerprint density at radius 2 is 2.50 bits per heavy atom. The molecular formula is C3H4N3. The number of nitrogens with two attached hydrogens (primary N) is 1. The van der Waals surface area contributed by atoms with Gasteiger partial charge in [-0.05, 0) is 0 Å². The van der Waals surface area contributed by atoms with Crippen LogP contribution in [0.1, 0.15) is 0 Å². The number of hydrogen-bond acceptors (Lipinski definition) is 2. The Morgan fingerprint density at radius 3 is 2.67 bits per heavy atom. The highest BCUT2D eigenvalue weighted by Gasteiger charge is 1.88. The predicted octanol–water partition coefficient (Wildman–Crippen LogP) is -0.610. The predicted molar refractivity (Wildman–Crippen MR) is 22.9 cm³/mol. The van der Waals surface area contributed by atoms with E-state index in [1.807, 2.05) is 0 Å². The van der Waals surface area contributed by atoms with Crippen molar-refractivity contribution in [2.24, 2.45) is 10.7 Å². The van der Waals surface area contributed by atoms with Gasteiger partial charge in [-0.15, -0.1) is 0 Å². The molecule has 0 atom stereocenters. The molecule has 0 amide bonds. The van der Waals surface area contributed by atoms with E-state index in [1.165, 1.54) is 12.5 Å². The fourth-order valence-electron chi connectivity index (χ4n) is 0.243. The zero-order chi connectivity index (χ0) is 4.41. The molecule has 0 spiro atoms. The molecule has 0 saturated heterocycles. The van der Waals surface area contributed by atoms with Gasteiger partial charge in [0.05, 0.1) is 6.20 Å². The standard InChI is InChI=1S/C3H4N3/c4-3-1-5-2-6-3/h1-2H,4H2. The van der Waals surface area contributed by atoms with Gasteiger partial charge in [-0.3, -0.25) is 0 Å². The van der Waals surface area contributed by atoms with Crippen LogP contribution in [0.15, 0.2) is 17.0 Å². The third kappa shape index (κ3) is 0.337. The van der Waals surface area contributed by atoms with E-state index in [4.69, 9.17) is 5.73 Å². The molecule has 1 aliphatic rings. The van der Waals surface area contributed by atoms with E-state index in [2.05, 4.69) is 10.3 Å². The van der Waals surface area contributed by atoms with Gasteiger partial charge in [0.1, 0.15) is 12.2 Å². The lowest BCUT2D eigenvalue weighted by molar-refractivity contribution is 1.12. The monoisotopic (exact) mass is 82.0 g/mol. The Balaban J connectivity index is 2.61. The first kappa shape index (κ1) is 3.21. The average Bonchev–Trinajstić information content (AvgIpc) is 1.86. The van der Waals surface area contributed by atoms with Gasteiger partial charge < -0.3 is 5.73 Å². The summed E-state index contributed by atoms with van der Waals surface area (Å²) in [4.78, 5) is 3.59. The summed E-state index contributed by atoms with van der Waals surface area (Å²) in [5, 5.41) is 3.58. The second kappa shape index (κ2) is 1.01. The minimum Gasteiger partial charge on any atom is -0.382 e. The Bertz CT molecular complexity index is 103. The van der Waals surface area contributed by atoms with Crippen molar-refractivity contribution < 1.29 is 0 Å². The van der Waals surface area contributed by atoms with Crippen molar-refractivity contribution in [1.82, 2.24) is 5.32 Å². The smallest absolute Gasteiger partial charge is 0.143 e. The quantitative estimate of drug-likeness (QED) is 0.416. The zero-order valence-corrected chi connectivity index (χ0v) is 3.13. The van der Waals surface area contributed by atoms with Crippen molar-refractivity contribution in [2.45, 2.75) is 0 Å². The van der Waals surface area contributed by atoms with E-state index < -0.39 is 0 Å². The van der Waals surface area contributed by atoms with Gasteiger partial charge >= 0.3 is 0 Å². The van der Waals surface area contributed by atoms with E-state index in [0.717, 1.165) is 0 Å². The third-order valence-corrected chi connectivity index (χ3v) is 0.480. The highest BCUT2D eigenvalue weighted by Crippen LogP contribution is 1.83. The summed E-state index contributed by atoms with van der Waals surface area (Å²) >= 11 is 0. The number of aliphatic imine (C=N–C) groups is 1. The SMILES string of the molecule is NC1=CN=C[N]1. The molecule has 0 fully saturated rings. The van der Waals surface area contributed by atoms with Crippen LogP contribution in [0.25, 0.3) is 0 Å². The minimum absolute atomic E-state index is 0.481. The summed E-state index contributed by atoms with van der Waals surface area (Å²) in [5.74, 6) is 0.481. The fourth-order valence-corrected chi connectivity index (χ4v) is 0.243. The second-order valence-corrected chi connectivity index (χ2v) is 0.948. The van der Waals surface area contributed by atoms with Crippen LogP contribution in [-0.4, -0.2) is 6.34 Å². The van der Waals surface area contributed by atoms with Crippen LogP contribution in [0, 0.1) is 0 Å².